The van der Waals surface area contributed by atoms with Crippen LogP contribution in [-0.4, -0.2) is 46.9 Å². The van der Waals surface area contributed by atoms with Crippen LogP contribution in [0, 0.1) is 6.92 Å². The third-order valence-corrected chi connectivity index (χ3v) is 5.96. The van der Waals surface area contributed by atoms with E-state index in [0.717, 1.165) is 43.4 Å². The molecular weight excluding hydrogens is 511 g/mol. The van der Waals surface area contributed by atoms with E-state index >= 15 is 0 Å². The first-order chi connectivity index (χ1) is 15.2. The van der Waals surface area contributed by atoms with Crippen molar-refractivity contribution >= 4 is 35.6 Å². The highest BCUT2D eigenvalue weighted by Gasteiger charge is 2.10. The second kappa shape index (κ2) is 12.2. The monoisotopic (exact) mass is 546 g/mol. The van der Waals surface area contributed by atoms with E-state index < -0.39 is 0 Å². The van der Waals surface area contributed by atoms with Crippen molar-refractivity contribution < 1.29 is 0 Å². The summed E-state index contributed by atoms with van der Waals surface area (Å²) in [7, 11) is 1.81. The number of halogens is 1. The smallest absolute Gasteiger partial charge is 0.191 e. The molecule has 0 spiro atoms. The van der Waals surface area contributed by atoms with Gasteiger partial charge in [0.25, 0.3) is 0 Å². The average molecular weight is 547 g/mol. The highest BCUT2D eigenvalue weighted by molar-refractivity contribution is 14.0. The molecule has 0 amide bonds. The first kappa shape index (κ1) is 24.5. The van der Waals surface area contributed by atoms with Crippen molar-refractivity contribution in [2.45, 2.75) is 45.7 Å². The number of pyridine rings is 1. The van der Waals surface area contributed by atoms with Gasteiger partial charge in [0.05, 0.1) is 5.69 Å². The number of benzene rings is 1. The molecule has 1 aromatic carbocycles. The van der Waals surface area contributed by atoms with Gasteiger partial charge in [0.2, 0.25) is 0 Å². The Morgan fingerprint density at radius 1 is 1.03 bits per heavy atom. The number of fused-ring (bicyclic) bond motifs is 1. The summed E-state index contributed by atoms with van der Waals surface area (Å²) < 4.78 is 2.09. The second-order valence-corrected chi connectivity index (χ2v) is 8.41. The molecule has 0 bridgehead atoms. The molecule has 1 saturated heterocycles. The summed E-state index contributed by atoms with van der Waals surface area (Å²) in [6.45, 7) is 7.18. The van der Waals surface area contributed by atoms with Gasteiger partial charge in [-0.3, -0.25) is 9.89 Å². The fraction of sp³-hybridized carbons (Fsp3) is 0.440. The molecule has 3 aromatic rings. The number of hydrogen-bond acceptors (Lipinski definition) is 3. The summed E-state index contributed by atoms with van der Waals surface area (Å²) in [6, 6.07) is 13.1. The van der Waals surface area contributed by atoms with Crippen molar-refractivity contribution in [3.8, 4) is 0 Å². The van der Waals surface area contributed by atoms with Gasteiger partial charge in [0, 0.05) is 45.5 Å². The molecule has 3 heterocycles. The third kappa shape index (κ3) is 6.68. The third-order valence-electron chi connectivity index (χ3n) is 5.96. The predicted octanol–water partition coefficient (Wildman–Crippen LogP) is 4.15. The van der Waals surface area contributed by atoms with Gasteiger partial charge in [0.1, 0.15) is 5.65 Å². The first-order valence-electron chi connectivity index (χ1n) is 11.4. The lowest BCUT2D eigenvalue weighted by molar-refractivity contribution is 0.221. The normalized spacial score (nSPS) is 14.9. The largest absolute Gasteiger partial charge is 0.356 e. The predicted molar refractivity (Wildman–Crippen MR) is 143 cm³/mol. The van der Waals surface area contributed by atoms with Gasteiger partial charge in [-0.05, 0) is 55.6 Å². The van der Waals surface area contributed by atoms with E-state index in [-0.39, 0.29) is 24.0 Å². The Kier molecular flexibility index (Phi) is 9.35. The number of nitrogens with one attached hydrogen (secondary N) is 2. The standard InChI is InChI=1S/C25H34N6.HI/c1-20-7-6-16-31-19-23(29-24(20)31)12-13-27-25(26-2)28-17-21-8-10-22(11-9-21)18-30-14-4-3-5-15-30;/h6-11,16,19H,3-5,12-15,17-18H2,1-2H3,(H2,26,27,28);1H. The number of aliphatic imine (C=N–C) groups is 1. The van der Waals surface area contributed by atoms with E-state index in [1.165, 1.54) is 49.0 Å². The van der Waals surface area contributed by atoms with Crippen LogP contribution < -0.4 is 10.6 Å². The number of likely N-dealkylation sites (tertiary alicyclic amines) is 1. The maximum Gasteiger partial charge on any atom is 0.191 e. The van der Waals surface area contributed by atoms with Crippen LogP contribution >= 0.6 is 24.0 Å². The van der Waals surface area contributed by atoms with E-state index in [9.17, 15) is 0 Å². The Balaban J connectivity index is 0.00000289. The van der Waals surface area contributed by atoms with Gasteiger partial charge < -0.3 is 15.0 Å². The summed E-state index contributed by atoms with van der Waals surface area (Å²) in [6.07, 6.45) is 9.06. The number of imidazole rings is 1. The molecule has 7 heteroatoms. The zero-order valence-electron chi connectivity index (χ0n) is 19.2. The number of piperidine rings is 1. The van der Waals surface area contributed by atoms with Gasteiger partial charge in [0.15, 0.2) is 5.96 Å². The fourth-order valence-electron chi connectivity index (χ4n) is 4.18. The second-order valence-electron chi connectivity index (χ2n) is 8.41. The summed E-state index contributed by atoms with van der Waals surface area (Å²) >= 11 is 0. The minimum atomic E-state index is 0. The molecule has 1 aliphatic rings. The summed E-state index contributed by atoms with van der Waals surface area (Å²) in [5, 5.41) is 6.81. The molecule has 32 heavy (non-hydrogen) atoms. The average Bonchev–Trinajstić information content (AvgIpc) is 3.22. The van der Waals surface area contributed by atoms with Crippen LogP contribution in [0.25, 0.3) is 5.65 Å². The van der Waals surface area contributed by atoms with E-state index in [4.69, 9.17) is 4.98 Å². The maximum absolute atomic E-state index is 4.74. The van der Waals surface area contributed by atoms with Crippen LogP contribution in [0.15, 0.2) is 53.8 Å². The molecule has 1 aliphatic heterocycles. The molecule has 1 fully saturated rings. The van der Waals surface area contributed by atoms with Gasteiger partial charge in [-0.15, -0.1) is 24.0 Å². The van der Waals surface area contributed by atoms with E-state index in [0.29, 0.717) is 0 Å². The minimum Gasteiger partial charge on any atom is -0.356 e. The van der Waals surface area contributed by atoms with Crippen molar-refractivity contribution in [3.05, 3.63) is 71.2 Å². The molecular formula is C25H35IN6. The van der Waals surface area contributed by atoms with Crippen molar-refractivity contribution in [1.29, 1.82) is 0 Å². The molecule has 0 atom stereocenters. The highest BCUT2D eigenvalue weighted by atomic mass is 127. The zero-order valence-corrected chi connectivity index (χ0v) is 21.5. The van der Waals surface area contributed by atoms with Crippen molar-refractivity contribution in [1.82, 2.24) is 24.9 Å². The van der Waals surface area contributed by atoms with Crippen LogP contribution in [0.4, 0.5) is 0 Å². The quantitative estimate of drug-likeness (QED) is 0.266. The van der Waals surface area contributed by atoms with E-state index in [1.54, 1.807) is 0 Å². The van der Waals surface area contributed by atoms with Crippen LogP contribution in [-0.2, 0) is 19.5 Å². The lowest BCUT2D eigenvalue weighted by Crippen LogP contribution is -2.37. The Morgan fingerprint density at radius 2 is 1.78 bits per heavy atom. The summed E-state index contributed by atoms with van der Waals surface area (Å²) in [5.74, 6) is 0.817. The summed E-state index contributed by atoms with van der Waals surface area (Å²) in [4.78, 5) is 11.6. The zero-order chi connectivity index (χ0) is 21.5. The summed E-state index contributed by atoms with van der Waals surface area (Å²) in [5.41, 5.74) is 5.98. The lowest BCUT2D eigenvalue weighted by Gasteiger charge is -2.26. The fourth-order valence-corrected chi connectivity index (χ4v) is 4.18. The molecule has 4 rings (SSSR count). The van der Waals surface area contributed by atoms with E-state index in [2.05, 4.69) is 74.4 Å². The molecule has 2 N–H and O–H groups in total. The van der Waals surface area contributed by atoms with Gasteiger partial charge in [-0.25, -0.2) is 4.98 Å². The Labute approximate surface area is 208 Å². The lowest BCUT2D eigenvalue weighted by atomic mass is 10.1. The van der Waals surface area contributed by atoms with Crippen LogP contribution in [0.3, 0.4) is 0 Å². The van der Waals surface area contributed by atoms with E-state index in [1.807, 2.05) is 13.2 Å². The molecule has 6 nitrogen and oxygen atoms in total. The van der Waals surface area contributed by atoms with Crippen molar-refractivity contribution in [2.24, 2.45) is 4.99 Å². The highest BCUT2D eigenvalue weighted by Crippen LogP contribution is 2.14. The minimum absolute atomic E-state index is 0. The number of aromatic nitrogens is 2. The number of guanidine groups is 1. The molecule has 2 aromatic heterocycles. The van der Waals surface area contributed by atoms with Crippen LogP contribution in [0.5, 0.6) is 0 Å². The van der Waals surface area contributed by atoms with Gasteiger partial charge >= 0.3 is 0 Å². The number of hydrogen-bond donors (Lipinski definition) is 2. The first-order valence-corrected chi connectivity index (χ1v) is 11.4. The van der Waals surface area contributed by atoms with Crippen LogP contribution in [0.2, 0.25) is 0 Å². The number of rotatable bonds is 7. The van der Waals surface area contributed by atoms with Crippen LogP contribution in [0.1, 0.15) is 41.6 Å². The number of aryl methyl sites for hydroxylation is 1. The van der Waals surface area contributed by atoms with Crippen molar-refractivity contribution in [2.75, 3.05) is 26.7 Å². The molecule has 0 unspecified atom stereocenters. The Bertz CT molecular complexity index is 1000. The number of nitrogens with zero attached hydrogens (tertiary/aromatic N) is 4. The molecule has 0 aliphatic carbocycles. The Hall–Kier alpha value is -2.13. The topological polar surface area (TPSA) is 57.0 Å². The maximum atomic E-state index is 4.74. The Morgan fingerprint density at radius 3 is 2.50 bits per heavy atom. The van der Waals surface area contributed by atoms with Gasteiger partial charge in [-0.2, -0.15) is 0 Å². The van der Waals surface area contributed by atoms with Crippen molar-refractivity contribution in [3.63, 3.8) is 0 Å². The SMILES string of the molecule is CN=C(NCCc1cn2cccc(C)c2n1)NCc1ccc(CN2CCCCC2)cc1.I. The molecule has 0 saturated carbocycles. The van der Waals surface area contributed by atoms with Gasteiger partial charge in [-0.1, -0.05) is 36.8 Å². The molecule has 0 radical (unpaired) electrons. The molecule has 172 valence electrons.